The molecule has 2 aliphatic rings. The molecule has 1 fully saturated rings. The van der Waals surface area contributed by atoms with Crippen LogP contribution in [-0.4, -0.2) is 42.3 Å². The Morgan fingerprint density at radius 1 is 1.25 bits per heavy atom. The first kappa shape index (κ1) is 17.2. The van der Waals surface area contributed by atoms with Gasteiger partial charge >= 0.3 is 0 Å². The number of amides is 1. The number of hydrogen-bond acceptors (Lipinski definition) is 3. The smallest absolute Gasteiger partial charge is 0.244 e. The van der Waals surface area contributed by atoms with Crippen molar-refractivity contribution in [3.8, 4) is 0 Å². The second-order valence-electron chi connectivity index (χ2n) is 7.58. The number of nitrogens with zero attached hydrogens (tertiary/aromatic N) is 2. The van der Waals surface area contributed by atoms with Crippen LogP contribution in [0.25, 0.3) is 0 Å². The number of carbonyl (C=O) groups is 2. The first-order valence-corrected chi connectivity index (χ1v) is 9.13. The summed E-state index contributed by atoms with van der Waals surface area (Å²) >= 11 is 0. The van der Waals surface area contributed by atoms with E-state index in [2.05, 4.69) is 18.7 Å². The Kier molecular flexibility index (Phi) is 5.04. The van der Waals surface area contributed by atoms with E-state index >= 15 is 0 Å². The molecule has 0 radical (unpaired) electrons. The fourth-order valence-electron chi connectivity index (χ4n) is 4.14. The van der Waals surface area contributed by atoms with Gasteiger partial charge in [0.25, 0.3) is 0 Å². The maximum absolute atomic E-state index is 13.2. The molecule has 1 amide bonds. The molecule has 3 rings (SSSR count). The van der Waals surface area contributed by atoms with Crippen molar-refractivity contribution in [2.45, 2.75) is 52.5 Å². The van der Waals surface area contributed by atoms with Crippen molar-refractivity contribution >= 4 is 17.4 Å². The standard InChI is InChI=1S/C20H28N2O2/c1-14(2)13-21-10-5-8-19(21)20(24)22-11-9-17-16(12-15(3)23)6-4-7-18(17)22/h4,6-7,14,19H,5,8-13H2,1-3H3/t19-/m0/s1. The minimum Gasteiger partial charge on any atom is -0.310 e. The highest BCUT2D eigenvalue weighted by atomic mass is 16.2. The molecule has 2 heterocycles. The van der Waals surface area contributed by atoms with Gasteiger partial charge < -0.3 is 4.90 Å². The van der Waals surface area contributed by atoms with Crippen molar-refractivity contribution in [1.29, 1.82) is 0 Å². The molecule has 1 atom stereocenters. The molecule has 1 saturated heterocycles. The van der Waals surface area contributed by atoms with Crippen molar-refractivity contribution in [2.24, 2.45) is 5.92 Å². The highest BCUT2D eigenvalue weighted by Gasteiger charge is 2.36. The maximum atomic E-state index is 13.2. The molecule has 1 aromatic rings. The third-order valence-corrected chi connectivity index (χ3v) is 5.08. The van der Waals surface area contributed by atoms with Crippen molar-refractivity contribution in [1.82, 2.24) is 4.90 Å². The first-order chi connectivity index (χ1) is 11.5. The lowest BCUT2D eigenvalue weighted by atomic mass is 10.0. The summed E-state index contributed by atoms with van der Waals surface area (Å²) in [5.41, 5.74) is 3.30. The summed E-state index contributed by atoms with van der Waals surface area (Å²) < 4.78 is 0. The van der Waals surface area contributed by atoms with Crippen LogP contribution in [0.3, 0.4) is 0 Å². The molecule has 0 aliphatic carbocycles. The van der Waals surface area contributed by atoms with E-state index in [-0.39, 0.29) is 17.7 Å². The third kappa shape index (κ3) is 3.39. The Hall–Kier alpha value is -1.68. The Labute approximate surface area is 144 Å². The average Bonchev–Trinajstić information content (AvgIpc) is 3.12. The van der Waals surface area contributed by atoms with Gasteiger partial charge in [-0.3, -0.25) is 14.5 Å². The van der Waals surface area contributed by atoms with Gasteiger partial charge in [-0.05, 0) is 55.8 Å². The van der Waals surface area contributed by atoms with Crippen LogP contribution in [0.4, 0.5) is 5.69 Å². The summed E-state index contributed by atoms with van der Waals surface area (Å²) in [5, 5.41) is 0. The normalized spacial score (nSPS) is 20.7. The van der Waals surface area contributed by atoms with Crippen molar-refractivity contribution in [3.63, 3.8) is 0 Å². The molecule has 0 spiro atoms. The molecule has 0 bridgehead atoms. The topological polar surface area (TPSA) is 40.6 Å². The number of ketones is 1. The van der Waals surface area contributed by atoms with Gasteiger partial charge in [0, 0.05) is 25.2 Å². The van der Waals surface area contributed by atoms with Crippen molar-refractivity contribution < 1.29 is 9.59 Å². The molecule has 0 aromatic heterocycles. The Morgan fingerprint density at radius 3 is 2.75 bits per heavy atom. The van der Waals surface area contributed by atoms with Gasteiger partial charge in [0.05, 0.1) is 6.04 Å². The zero-order valence-corrected chi connectivity index (χ0v) is 15.0. The van der Waals surface area contributed by atoms with E-state index in [0.717, 1.165) is 50.1 Å². The second-order valence-corrected chi connectivity index (χ2v) is 7.58. The first-order valence-electron chi connectivity index (χ1n) is 9.13. The van der Waals surface area contributed by atoms with E-state index < -0.39 is 0 Å². The van der Waals surface area contributed by atoms with Gasteiger partial charge in [-0.2, -0.15) is 0 Å². The number of rotatable bonds is 5. The fourth-order valence-corrected chi connectivity index (χ4v) is 4.14. The van der Waals surface area contributed by atoms with Crippen LogP contribution in [0.5, 0.6) is 0 Å². The lowest BCUT2D eigenvalue weighted by Gasteiger charge is -2.29. The SMILES string of the molecule is CC(=O)Cc1cccc2c1CCN2C(=O)[C@@H]1CCCN1CC(C)C. The number of anilines is 1. The lowest BCUT2D eigenvalue weighted by Crippen LogP contribution is -2.46. The van der Waals surface area contributed by atoms with E-state index in [1.165, 1.54) is 5.56 Å². The van der Waals surface area contributed by atoms with Gasteiger partial charge in [0.2, 0.25) is 5.91 Å². The minimum atomic E-state index is 0.0230. The summed E-state index contributed by atoms with van der Waals surface area (Å²) in [7, 11) is 0. The quantitative estimate of drug-likeness (QED) is 0.834. The molecule has 4 heteroatoms. The predicted octanol–water partition coefficient (Wildman–Crippen LogP) is 2.83. The van der Waals surface area contributed by atoms with E-state index in [0.29, 0.717) is 12.3 Å². The maximum Gasteiger partial charge on any atom is 0.244 e. The molecule has 0 saturated carbocycles. The largest absolute Gasteiger partial charge is 0.310 e. The summed E-state index contributed by atoms with van der Waals surface area (Å²) in [5.74, 6) is 0.991. The highest BCUT2D eigenvalue weighted by molar-refractivity contribution is 5.99. The van der Waals surface area contributed by atoms with Crippen molar-refractivity contribution in [2.75, 3.05) is 24.5 Å². The summed E-state index contributed by atoms with van der Waals surface area (Å²) in [6.07, 6.45) is 3.40. The number of likely N-dealkylation sites (tertiary alicyclic amines) is 1. The molecule has 0 N–H and O–H groups in total. The summed E-state index contributed by atoms with van der Waals surface area (Å²) in [6, 6.07) is 6.05. The Balaban J connectivity index is 1.80. The fraction of sp³-hybridized carbons (Fsp3) is 0.600. The highest BCUT2D eigenvalue weighted by Crippen LogP contribution is 2.33. The van der Waals surface area contributed by atoms with E-state index in [9.17, 15) is 9.59 Å². The zero-order valence-electron chi connectivity index (χ0n) is 15.0. The second kappa shape index (κ2) is 7.06. The molecule has 24 heavy (non-hydrogen) atoms. The lowest BCUT2D eigenvalue weighted by molar-refractivity contribution is -0.123. The van der Waals surface area contributed by atoms with Gasteiger partial charge in [-0.1, -0.05) is 26.0 Å². The number of carbonyl (C=O) groups excluding carboxylic acids is 2. The van der Waals surface area contributed by atoms with Gasteiger partial charge in [-0.15, -0.1) is 0 Å². The number of fused-ring (bicyclic) bond motifs is 1. The Morgan fingerprint density at radius 2 is 2.04 bits per heavy atom. The minimum absolute atomic E-state index is 0.0230. The van der Waals surface area contributed by atoms with Crippen LogP contribution in [0.1, 0.15) is 44.7 Å². The monoisotopic (exact) mass is 328 g/mol. The number of hydrogen-bond donors (Lipinski definition) is 0. The van der Waals surface area contributed by atoms with Crippen LogP contribution >= 0.6 is 0 Å². The van der Waals surface area contributed by atoms with Gasteiger partial charge in [-0.25, -0.2) is 0 Å². The van der Waals surface area contributed by atoms with E-state index in [1.54, 1.807) is 6.92 Å². The molecule has 130 valence electrons. The van der Waals surface area contributed by atoms with Gasteiger partial charge in [0.15, 0.2) is 0 Å². The van der Waals surface area contributed by atoms with Crippen molar-refractivity contribution in [3.05, 3.63) is 29.3 Å². The molecule has 1 aromatic carbocycles. The van der Waals surface area contributed by atoms with Crippen LogP contribution < -0.4 is 4.90 Å². The third-order valence-electron chi connectivity index (χ3n) is 5.08. The average molecular weight is 328 g/mol. The number of benzene rings is 1. The number of Topliss-reactive ketones (excluding diaryl/α,β-unsaturated/α-hetero) is 1. The predicted molar refractivity (Wildman–Crippen MR) is 96.3 cm³/mol. The zero-order chi connectivity index (χ0) is 17.3. The van der Waals surface area contributed by atoms with Crippen LogP contribution in [0.15, 0.2) is 18.2 Å². The molecule has 2 aliphatic heterocycles. The van der Waals surface area contributed by atoms with E-state index in [4.69, 9.17) is 0 Å². The molecule has 0 unspecified atom stereocenters. The molecular formula is C20H28N2O2. The Bertz CT molecular complexity index is 639. The van der Waals surface area contributed by atoms with Crippen LogP contribution in [0.2, 0.25) is 0 Å². The molecule has 4 nitrogen and oxygen atoms in total. The molecular weight excluding hydrogens is 300 g/mol. The van der Waals surface area contributed by atoms with Crippen LogP contribution in [0, 0.1) is 5.92 Å². The van der Waals surface area contributed by atoms with Crippen LogP contribution in [-0.2, 0) is 22.4 Å². The van der Waals surface area contributed by atoms with Gasteiger partial charge in [0.1, 0.15) is 5.78 Å². The van der Waals surface area contributed by atoms with E-state index in [1.807, 2.05) is 23.1 Å². The summed E-state index contributed by atoms with van der Waals surface area (Å²) in [6.45, 7) is 8.80. The summed E-state index contributed by atoms with van der Waals surface area (Å²) in [4.78, 5) is 29.0.